The standard InChI is InChI=1S/C13H20N2O/c1-6-7-12-11(3)14-13(16-12)10(2)8-9-15(4)5/h6-8H,9H2,1-5H3/b7-6-,10-8+. The van der Waals surface area contributed by atoms with Crippen molar-refractivity contribution in [1.82, 2.24) is 9.88 Å². The van der Waals surface area contributed by atoms with Crippen molar-refractivity contribution >= 4 is 11.6 Å². The molecule has 1 aromatic heterocycles. The van der Waals surface area contributed by atoms with E-state index in [4.69, 9.17) is 4.42 Å². The number of nitrogens with zero attached hydrogens (tertiary/aromatic N) is 2. The molecule has 0 amide bonds. The van der Waals surface area contributed by atoms with E-state index in [2.05, 4.69) is 16.0 Å². The molecule has 0 aromatic carbocycles. The molecule has 0 atom stereocenters. The molecule has 88 valence electrons. The molecule has 16 heavy (non-hydrogen) atoms. The predicted octanol–water partition coefficient (Wildman–Crippen LogP) is 2.98. The van der Waals surface area contributed by atoms with Gasteiger partial charge in [0.05, 0.1) is 5.69 Å². The summed E-state index contributed by atoms with van der Waals surface area (Å²) in [6.07, 6.45) is 6.01. The molecule has 1 rings (SSSR count). The number of rotatable bonds is 4. The van der Waals surface area contributed by atoms with E-state index in [-0.39, 0.29) is 0 Å². The number of allylic oxidation sites excluding steroid dienone is 2. The summed E-state index contributed by atoms with van der Waals surface area (Å²) in [7, 11) is 4.08. The molecular formula is C13H20N2O. The van der Waals surface area contributed by atoms with E-state index in [0.717, 1.165) is 23.6 Å². The van der Waals surface area contributed by atoms with Crippen LogP contribution in [0.3, 0.4) is 0 Å². The monoisotopic (exact) mass is 220 g/mol. The summed E-state index contributed by atoms with van der Waals surface area (Å²) >= 11 is 0. The van der Waals surface area contributed by atoms with Crippen molar-refractivity contribution in [1.29, 1.82) is 0 Å². The maximum Gasteiger partial charge on any atom is 0.222 e. The van der Waals surface area contributed by atoms with Gasteiger partial charge >= 0.3 is 0 Å². The molecule has 1 heterocycles. The highest BCUT2D eigenvalue weighted by molar-refractivity contribution is 5.58. The molecule has 0 saturated heterocycles. The highest BCUT2D eigenvalue weighted by Gasteiger charge is 2.08. The fourth-order valence-electron chi connectivity index (χ4n) is 1.29. The molecular weight excluding hydrogens is 200 g/mol. The van der Waals surface area contributed by atoms with Crippen molar-refractivity contribution in [3.8, 4) is 0 Å². The summed E-state index contributed by atoms with van der Waals surface area (Å²) in [5, 5.41) is 0. The van der Waals surface area contributed by atoms with E-state index in [0.29, 0.717) is 5.89 Å². The Morgan fingerprint density at radius 3 is 2.69 bits per heavy atom. The van der Waals surface area contributed by atoms with Crippen LogP contribution in [0.5, 0.6) is 0 Å². The lowest BCUT2D eigenvalue weighted by Crippen LogP contribution is -2.10. The van der Waals surface area contributed by atoms with Crippen molar-refractivity contribution in [2.75, 3.05) is 20.6 Å². The van der Waals surface area contributed by atoms with Crippen molar-refractivity contribution in [2.45, 2.75) is 20.8 Å². The predicted molar refractivity (Wildman–Crippen MR) is 68.2 cm³/mol. The molecule has 0 bridgehead atoms. The largest absolute Gasteiger partial charge is 0.437 e. The van der Waals surface area contributed by atoms with Crippen molar-refractivity contribution in [2.24, 2.45) is 0 Å². The Labute approximate surface area is 97.5 Å². The minimum absolute atomic E-state index is 0.715. The maximum absolute atomic E-state index is 5.66. The average molecular weight is 220 g/mol. The van der Waals surface area contributed by atoms with Crippen LogP contribution in [0.15, 0.2) is 16.6 Å². The van der Waals surface area contributed by atoms with Crippen LogP contribution in [-0.2, 0) is 0 Å². The van der Waals surface area contributed by atoms with Crippen LogP contribution >= 0.6 is 0 Å². The molecule has 0 aliphatic carbocycles. The SMILES string of the molecule is C/C=C\c1oc(/C(C)=C/CN(C)C)nc1C. The Morgan fingerprint density at radius 1 is 1.44 bits per heavy atom. The summed E-state index contributed by atoms with van der Waals surface area (Å²) in [5.41, 5.74) is 2.01. The first-order valence-corrected chi connectivity index (χ1v) is 5.46. The summed E-state index contributed by atoms with van der Waals surface area (Å²) < 4.78 is 5.66. The number of oxazole rings is 1. The normalized spacial score (nSPS) is 13.0. The molecule has 0 N–H and O–H groups in total. The van der Waals surface area contributed by atoms with Gasteiger partial charge < -0.3 is 9.32 Å². The Kier molecular flexibility index (Phi) is 4.50. The lowest BCUT2D eigenvalue weighted by atomic mass is 10.3. The van der Waals surface area contributed by atoms with Gasteiger partial charge in [-0.25, -0.2) is 4.98 Å². The molecule has 0 aliphatic heterocycles. The smallest absolute Gasteiger partial charge is 0.222 e. The first-order chi connectivity index (χ1) is 7.54. The second-order valence-corrected chi connectivity index (χ2v) is 4.12. The van der Waals surface area contributed by atoms with Gasteiger partial charge in [-0.3, -0.25) is 0 Å². The number of hydrogen-bond donors (Lipinski definition) is 0. The highest BCUT2D eigenvalue weighted by Crippen LogP contribution is 2.18. The van der Waals surface area contributed by atoms with E-state index in [1.54, 1.807) is 0 Å². The third-order valence-electron chi connectivity index (χ3n) is 2.25. The first kappa shape index (κ1) is 12.7. The molecule has 0 spiro atoms. The number of likely N-dealkylation sites (N-methyl/N-ethyl adjacent to an activating group) is 1. The van der Waals surface area contributed by atoms with Crippen molar-refractivity contribution < 1.29 is 4.42 Å². The molecule has 3 heteroatoms. The van der Waals surface area contributed by atoms with Gasteiger partial charge in [0.1, 0.15) is 5.76 Å². The van der Waals surface area contributed by atoms with Crippen molar-refractivity contribution in [3.63, 3.8) is 0 Å². The Morgan fingerprint density at radius 2 is 2.12 bits per heavy atom. The van der Waals surface area contributed by atoms with Gasteiger partial charge in [-0.2, -0.15) is 0 Å². The summed E-state index contributed by atoms with van der Waals surface area (Å²) in [6, 6.07) is 0. The Balaban J connectivity index is 2.88. The summed E-state index contributed by atoms with van der Waals surface area (Å²) in [5.74, 6) is 1.56. The van der Waals surface area contributed by atoms with Gasteiger partial charge in [0.2, 0.25) is 5.89 Å². The topological polar surface area (TPSA) is 29.3 Å². The van der Waals surface area contributed by atoms with E-state index < -0.39 is 0 Å². The third kappa shape index (κ3) is 3.35. The highest BCUT2D eigenvalue weighted by atomic mass is 16.4. The molecule has 1 aromatic rings. The maximum atomic E-state index is 5.66. The van der Waals surface area contributed by atoms with Crippen molar-refractivity contribution in [3.05, 3.63) is 29.5 Å². The zero-order chi connectivity index (χ0) is 12.1. The zero-order valence-electron chi connectivity index (χ0n) is 10.7. The Bertz CT molecular complexity index is 400. The van der Waals surface area contributed by atoms with Gasteiger partial charge in [0, 0.05) is 12.1 Å². The Hall–Kier alpha value is -1.35. The van der Waals surface area contributed by atoms with E-state index in [1.807, 2.05) is 47.0 Å². The van der Waals surface area contributed by atoms with E-state index in [1.165, 1.54) is 0 Å². The van der Waals surface area contributed by atoms with Crippen LogP contribution in [0, 0.1) is 6.92 Å². The molecule has 0 saturated carbocycles. The lowest BCUT2D eigenvalue weighted by Gasteiger charge is -2.04. The second-order valence-electron chi connectivity index (χ2n) is 4.12. The fraction of sp³-hybridized carbons (Fsp3) is 0.462. The van der Waals surface area contributed by atoms with Crippen LogP contribution in [0.25, 0.3) is 11.6 Å². The van der Waals surface area contributed by atoms with Gasteiger partial charge in [0.25, 0.3) is 0 Å². The molecule has 3 nitrogen and oxygen atoms in total. The second kappa shape index (κ2) is 5.66. The van der Waals surface area contributed by atoms with Crippen LogP contribution in [0.2, 0.25) is 0 Å². The minimum atomic E-state index is 0.715. The molecule has 0 unspecified atom stereocenters. The fourth-order valence-corrected chi connectivity index (χ4v) is 1.29. The summed E-state index contributed by atoms with van der Waals surface area (Å²) in [4.78, 5) is 6.51. The number of aromatic nitrogens is 1. The average Bonchev–Trinajstić information content (AvgIpc) is 2.57. The van der Waals surface area contributed by atoms with Crippen LogP contribution in [0.4, 0.5) is 0 Å². The number of hydrogen-bond acceptors (Lipinski definition) is 3. The summed E-state index contributed by atoms with van der Waals surface area (Å²) in [6.45, 7) is 6.85. The first-order valence-electron chi connectivity index (χ1n) is 5.46. The molecule has 0 radical (unpaired) electrons. The van der Waals surface area contributed by atoms with Gasteiger partial charge in [-0.15, -0.1) is 0 Å². The van der Waals surface area contributed by atoms with Gasteiger partial charge in [-0.05, 0) is 40.9 Å². The number of aryl methyl sites for hydroxylation is 1. The molecule has 0 fully saturated rings. The van der Waals surface area contributed by atoms with E-state index >= 15 is 0 Å². The van der Waals surface area contributed by atoms with Gasteiger partial charge in [-0.1, -0.05) is 12.2 Å². The van der Waals surface area contributed by atoms with Crippen LogP contribution < -0.4 is 0 Å². The van der Waals surface area contributed by atoms with Crippen LogP contribution in [-0.4, -0.2) is 30.5 Å². The zero-order valence-corrected chi connectivity index (χ0v) is 10.7. The third-order valence-corrected chi connectivity index (χ3v) is 2.25. The van der Waals surface area contributed by atoms with E-state index in [9.17, 15) is 0 Å². The molecule has 0 aliphatic rings. The van der Waals surface area contributed by atoms with Crippen LogP contribution in [0.1, 0.15) is 31.2 Å². The lowest BCUT2D eigenvalue weighted by molar-refractivity contribution is 0.456. The van der Waals surface area contributed by atoms with Gasteiger partial charge in [0.15, 0.2) is 0 Å². The quantitative estimate of drug-likeness (QED) is 0.781. The minimum Gasteiger partial charge on any atom is -0.437 e.